The Hall–Kier alpha value is -1.50. The fraction of sp³-hybridized carbons (Fsp3) is 0.214. The van der Waals surface area contributed by atoms with Crippen molar-refractivity contribution in [3.05, 3.63) is 50.4 Å². The van der Waals surface area contributed by atoms with Gasteiger partial charge in [-0.1, -0.05) is 35.0 Å². The first-order valence-electron chi connectivity index (χ1n) is 6.35. The van der Waals surface area contributed by atoms with E-state index in [1.165, 1.54) is 6.07 Å². The number of hydrogen-bond acceptors (Lipinski definition) is 4. The molecule has 8 heteroatoms. The van der Waals surface area contributed by atoms with Gasteiger partial charge in [-0.05, 0) is 32.0 Å². The van der Waals surface area contributed by atoms with Crippen LogP contribution in [0.25, 0.3) is 0 Å². The second kappa shape index (κ2) is 7.17. The SMILES string of the molecule is Cc1cc(=O)[nH]c(SC(C)C(=O)Nc2cc(Cl)cc(Cl)c2)n1. The fourth-order valence-corrected chi connectivity index (χ4v) is 3.08. The van der Waals surface area contributed by atoms with Crippen LogP contribution in [0, 0.1) is 6.92 Å². The van der Waals surface area contributed by atoms with E-state index in [9.17, 15) is 9.59 Å². The summed E-state index contributed by atoms with van der Waals surface area (Å²) in [7, 11) is 0. The lowest BCUT2D eigenvalue weighted by Gasteiger charge is -2.12. The number of aromatic amines is 1. The van der Waals surface area contributed by atoms with Crippen LogP contribution in [0.4, 0.5) is 5.69 Å². The van der Waals surface area contributed by atoms with Gasteiger partial charge in [0.15, 0.2) is 5.16 Å². The van der Waals surface area contributed by atoms with E-state index in [0.717, 1.165) is 11.8 Å². The molecule has 2 rings (SSSR count). The Morgan fingerprint density at radius 1 is 1.27 bits per heavy atom. The van der Waals surface area contributed by atoms with Crippen LogP contribution in [-0.4, -0.2) is 21.1 Å². The van der Waals surface area contributed by atoms with Gasteiger partial charge >= 0.3 is 0 Å². The molecular weight excluding hydrogens is 345 g/mol. The van der Waals surface area contributed by atoms with Gasteiger partial charge in [0.1, 0.15) is 0 Å². The zero-order valence-electron chi connectivity index (χ0n) is 11.8. The number of anilines is 1. The number of aryl methyl sites for hydroxylation is 1. The summed E-state index contributed by atoms with van der Waals surface area (Å²) < 4.78 is 0. The van der Waals surface area contributed by atoms with Crippen LogP contribution in [0.5, 0.6) is 0 Å². The lowest BCUT2D eigenvalue weighted by Crippen LogP contribution is -2.23. The summed E-state index contributed by atoms with van der Waals surface area (Å²) in [6.07, 6.45) is 0. The molecule has 1 aromatic heterocycles. The van der Waals surface area contributed by atoms with E-state index in [2.05, 4.69) is 15.3 Å². The standard InChI is InChI=1S/C14H13Cl2N3O2S/c1-7-3-12(20)19-14(17-7)22-8(2)13(21)18-11-5-9(15)4-10(16)6-11/h3-6,8H,1-2H3,(H,18,21)(H,17,19,20). The van der Waals surface area contributed by atoms with Crippen LogP contribution < -0.4 is 10.9 Å². The Morgan fingerprint density at radius 2 is 1.91 bits per heavy atom. The van der Waals surface area contributed by atoms with Crippen molar-refractivity contribution in [2.24, 2.45) is 0 Å². The molecule has 0 aliphatic heterocycles. The first-order chi connectivity index (χ1) is 10.3. The molecule has 0 aliphatic carbocycles. The fourth-order valence-electron chi connectivity index (χ4n) is 1.70. The molecule has 0 radical (unpaired) electrons. The predicted molar refractivity (Wildman–Crippen MR) is 90.0 cm³/mol. The van der Waals surface area contributed by atoms with Crippen molar-refractivity contribution in [2.75, 3.05) is 5.32 Å². The van der Waals surface area contributed by atoms with Crippen molar-refractivity contribution < 1.29 is 4.79 Å². The Balaban J connectivity index is 2.07. The normalized spacial score (nSPS) is 12.0. The third kappa shape index (κ3) is 4.76. The molecule has 1 aromatic carbocycles. The molecule has 1 amide bonds. The summed E-state index contributed by atoms with van der Waals surface area (Å²) in [5, 5.41) is 3.54. The van der Waals surface area contributed by atoms with Gasteiger partial charge in [0.05, 0.1) is 5.25 Å². The number of benzene rings is 1. The molecule has 0 aliphatic rings. The van der Waals surface area contributed by atoms with Gasteiger partial charge in [0.25, 0.3) is 5.56 Å². The third-order valence-electron chi connectivity index (χ3n) is 2.64. The lowest BCUT2D eigenvalue weighted by atomic mass is 10.3. The summed E-state index contributed by atoms with van der Waals surface area (Å²) >= 11 is 12.9. The number of thioether (sulfide) groups is 1. The number of carbonyl (C=O) groups is 1. The zero-order chi connectivity index (χ0) is 16.3. The van der Waals surface area contributed by atoms with Crippen LogP contribution in [0.15, 0.2) is 34.2 Å². The highest BCUT2D eigenvalue weighted by Gasteiger charge is 2.16. The molecule has 0 saturated heterocycles. The minimum Gasteiger partial charge on any atom is -0.325 e. The molecule has 0 fully saturated rings. The van der Waals surface area contributed by atoms with E-state index in [1.54, 1.807) is 32.0 Å². The zero-order valence-corrected chi connectivity index (χ0v) is 14.1. The molecular formula is C14H13Cl2N3O2S. The second-order valence-electron chi connectivity index (χ2n) is 4.60. The van der Waals surface area contributed by atoms with E-state index in [1.807, 2.05) is 0 Å². The third-order valence-corrected chi connectivity index (χ3v) is 4.06. The Morgan fingerprint density at radius 3 is 2.50 bits per heavy atom. The molecule has 0 spiro atoms. The molecule has 5 nitrogen and oxygen atoms in total. The molecule has 1 heterocycles. The van der Waals surface area contributed by atoms with Crippen molar-refractivity contribution in [1.82, 2.24) is 9.97 Å². The van der Waals surface area contributed by atoms with Gasteiger partial charge < -0.3 is 10.3 Å². The monoisotopic (exact) mass is 357 g/mol. The van der Waals surface area contributed by atoms with Crippen LogP contribution in [0.1, 0.15) is 12.6 Å². The van der Waals surface area contributed by atoms with Crippen molar-refractivity contribution >= 4 is 46.6 Å². The number of H-pyrrole nitrogens is 1. The minimum atomic E-state index is -0.456. The highest BCUT2D eigenvalue weighted by Crippen LogP contribution is 2.24. The lowest BCUT2D eigenvalue weighted by molar-refractivity contribution is -0.115. The predicted octanol–water partition coefficient (Wildman–Crippen LogP) is 3.50. The quantitative estimate of drug-likeness (QED) is 0.648. The number of nitrogens with zero attached hydrogens (tertiary/aromatic N) is 1. The van der Waals surface area contributed by atoms with Crippen molar-refractivity contribution in [1.29, 1.82) is 0 Å². The van der Waals surface area contributed by atoms with Crippen LogP contribution in [0.3, 0.4) is 0 Å². The second-order valence-corrected chi connectivity index (χ2v) is 6.80. The molecule has 0 saturated carbocycles. The smallest absolute Gasteiger partial charge is 0.251 e. The van der Waals surface area contributed by atoms with Crippen LogP contribution in [0.2, 0.25) is 10.0 Å². The van der Waals surface area contributed by atoms with Gasteiger partial charge in [-0.15, -0.1) is 0 Å². The topological polar surface area (TPSA) is 74.8 Å². The van der Waals surface area contributed by atoms with Crippen molar-refractivity contribution in [3.8, 4) is 0 Å². The highest BCUT2D eigenvalue weighted by molar-refractivity contribution is 8.00. The van der Waals surface area contributed by atoms with Crippen molar-refractivity contribution in [2.45, 2.75) is 24.3 Å². The maximum atomic E-state index is 12.2. The first kappa shape index (κ1) is 16.9. The molecule has 0 bridgehead atoms. The van der Waals surface area contributed by atoms with Gasteiger partial charge in [-0.25, -0.2) is 4.98 Å². The van der Waals surface area contributed by atoms with Crippen LogP contribution in [-0.2, 0) is 4.79 Å². The molecule has 116 valence electrons. The number of hydrogen-bond donors (Lipinski definition) is 2. The van der Waals surface area contributed by atoms with E-state index in [-0.39, 0.29) is 11.5 Å². The Bertz CT molecular complexity index is 744. The number of nitrogens with one attached hydrogen (secondary N) is 2. The number of rotatable bonds is 4. The summed E-state index contributed by atoms with van der Waals surface area (Å²) in [5.74, 6) is -0.243. The van der Waals surface area contributed by atoms with Gasteiger partial charge in [-0.2, -0.15) is 0 Å². The van der Waals surface area contributed by atoms with E-state index in [0.29, 0.717) is 26.6 Å². The van der Waals surface area contributed by atoms with E-state index >= 15 is 0 Å². The largest absolute Gasteiger partial charge is 0.325 e. The summed E-state index contributed by atoms with van der Waals surface area (Å²) in [6, 6.07) is 6.19. The van der Waals surface area contributed by atoms with Gasteiger partial charge in [0.2, 0.25) is 5.91 Å². The number of halogens is 2. The highest BCUT2D eigenvalue weighted by atomic mass is 35.5. The number of amides is 1. The van der Waals surface area contributed by atoms with E-state index in [4.69, 9.17) is 23.2 Å². The van der Waals surface area contributed by atoms with Gasteiger partial charge in [0, 0.05) is 27.5 Å². The van der Waals surface area contributed by atoms with Crippen LogP contribution >= 0.6 is 35.0 Å². The average molecular weight is 358 g/mol. The molecule has 1 atom stereocenters. The summed E-state index contributed by atoms with van der Waals surface area (Å²) in [4.78, 5) is 30.3. The maximum Gasteiger partial charge on any atom is 0.251 e. The number of aromatic nitrogens is 2. The average Bonchev–Trinajstić information content (AvgIpc) is 2.35. The maximum absolute atomic E-state index is 12.2. The van der Waals surface area contributed by atoms with E-state index < -0.39 is 5.25 Å². The Kier molecular flexibility index (Phi) is 5.50. The van der Waals surface area contributed by atoms with Crippen molar-refractivity contribution in [3.63, 3.8) is 0 Å². The first-order valence-corrected chi connectivity index (χ1v) is 7.98. The number of carbonyl (C=O) groups excluding carboxylic acids is 1. The molecule has 22 heavy (non-hydrogen) atoms. The molecule has 2 aromatic rings. The summed E-state index contributed by atoms with van der Waals surface area (Å²) in [6.45, 7) is 3.44. The van der Waals surface area contributed by atoms with Gasteiger partial charge in [-0.3, -0.25) is 9.59 Å². The molecule has 1 unspecified atom stereocenters. The summed E-state index contributed by atoms with van der Waals surface area (Å²) in [5.41, 5.74) is 0.866. The Labute approximate surface area is 141 Å². The minimum absolute atomic E-state index is 0.243. The molecule has 2 N–H and O–H groups in total.